The maximum atomic E-state index is 2.37. The first-order chi connectivity index (χ1) is 8.93. The summed E-state index contributed by atoms with van der Waals surface area (Å²) in [5.41, 5.74) is 3.16. The van der Waals surface area contributed by atoms with E-state index in [4.69, 9.17) is 0 Å². The van der Waals surface area contributed by atoms with Gasteiger partial charge in [0.2, 0.25) is 0 Å². The van der Waals surface area contributed by atoms with E-state index < -0.39 is 0 Å². The van der Waals surface area contributed by atoms with Crippen LogP contribution in [0.2, 0.25) is 0 Å². The Morgan fingerprint density at radius 3 is 1.68 bits per heavy atom. The van der Waals surface area contributed by atoms with Gasteiger partial charge in [-0.1, -0.05) is 12.8 Å². The Labute approximate surface area is 128 Å². The molecule has 1 heteroatoms. The summed E-state index contributed by atoms with van der Waals surface area (Å²) in [4.78, 5) is 0. The summed E-state index contributed by atoms with van der Waals surface area (Å²) < 4.78 is 0. The molecule has 0 heterocycles. The van der Waals surface area contributed by atoms with Gasteiger partial charge in [-0.2, -0.15) is 0 Å². The zero-order chi connectivity index (χ0) is 12.2. The van der Waals surface area contributed by atoms with Gasteiger partial charge in [0.15, 0.2) is 0 Å². The summed E-state index contributed by atoms with van der Waals surface area (Å²) in [6.45, 7) is 0. The van der Waals surface area contributed by atoms with Crippen molar-refractivity contribution in [1.29, 1.82) is 0 Å². The van der Waals surface area contributed by atoms with Crippen LogP contribution in [-0.4, -0.2) is 0 Å². The summed E-state index contributed by atoms with van der Waals surface area (Å²) in [6, 6.07) is 0. The maximum absolute atomic E-state index is 2.37. The molecule has 4 rings (SSSR count). The van der Waals surface area contributed by atoms with Crippen molar-refractivity contribution in [3.8, 4) is 0 Å². The molecule has 0 spiro atoms. The Balaban J connectivity index is 0.000000133. The van der Waals surface area contributed by atoms with Crippen molar-refractivity contribution in [2.45, 2.75) is 38.5 Å². The van der Waals surface area contributed by atoms with Crippen LogP contribution in [0.25, 0.3) is 0 Å². The molecular weight excluding hydrogens is 272 g/mol. The van der Waals surface area contributed by atoms with Crippen molar-refractivity contribution in [3.05, 3.63) is 60.4 Å². The molecule has 0 amide bonds. The van der Waals surface area contributed by atoms with E-state index in [9.17, 15) is 0 Å². The number of hydrogen-bond donors (Lipinski definition) is 0. The van der Waals surface area contributed by atoms with Crippen molar-refractivity contribution in [2.75, 3.05) is 0 Å². The van der Waals surface area contributed by atoms with Gasteiger partial charge in [0.1, 0.15) is 0 Å². The van der Waals surface area contributed by atoms with Gasteiger partial charge < -0.3 is 0 Å². The molecule has 0 radical (unpaired) electrons. The van der Waals surface area contributed by atoms with Gasteiger partial charge in [0.05, 0.1) is 0 Å². The molecule has 0 aromatic heterocycles. The first-order valence-corrected chi connectivity index (χ1v) is 7.33. The van der Waals surface area contributed by atoms with Crippen LogP contribution >= 0.6 is 0 Å². The fraction of sp³-hybridized carbons (Fsp3) is 0.444. The van der Waals surface area contributed by atoms with Crippen molar-refractivity contribution in [3.63, 3.8) is 0 Å². The van der Waals surface area contributed by atoms with Crippen molar-refractivity contribution >= 4 is 0 Å². The molecule has 4 aliphatic carbocycles. The number of hydrogen-bond acceptors (Lipinski definition) is 0. The Kier molecular flexibility index (Phi) is 5.48. The van der Waals surface area contributed by atoms with E-state index >= 15 is 0 Å². The van der Waals surface area contributed by atoms with Gasteiger partial charge >= 0.3 is 17.1 Å². The van der Waals surface area contributed by atoms with Crippen LogP contribution < -0.4 is 0 Å². The molecule has 0 N–H and O–H groups in total. The summed E-state index contributed by atoms with van der Waals surface area (Å²) in [7, 11) is 0. The molecular formula is C18H22Fe. The van der Waals surface area contributed by atoms with E-state index in [0.717, 1.165) is 11.8 Å². The third-order valence-corrected chi connectivity index (χ3v) is 4.42. The Bertz CT molecular complexity index is 371. The van der Waals surface area contributed by atoms with E-state index in [-0.39, 0.29) is 17.1 Å². The second-order valence-electron chi connectivity index (χ2n) is 5.62. The monoisotopic (exact) mass is 294 g/mol. The van der Waals surface area contributed by atoms with E-state index in [2.05, 4.69) is 49.3 Å². The zero-order valence-electron chi connectivity index (χ0n) is 11.4. The molecule has 2 atom stereocenters. The van der Waals surface area contributed by atoms with Crippen LogP contribution in [0.4, 0.5) is 0 Å². The Hall–Kier alpha value is -0.781. The van der Waals surface area contributed by atoms with Crippen LogP contribution in [-0.2, 0) is 17.1 Å². The van der Waals surface area contributed by atoms with Crippen LogP contribution in [0.1, 0.15) is 38.5 Å². The maximum Gasteiger partial charge on any atom is 2.00 e. The van der Waals surface area contributed by atoms with Crippen LogP contribution in [0.5, 0.6) is 0 Å². The predicted molar refractivity (Wildman–Crippen MR) is 77.7 cm³/mol. The fourth-order valence-corrected chi connectivity index (χ4v) is 3.33. The third kappa shape index (κ3) is 3.61. The zero-order valence-corrected chi connectivity index (χ0v) is 12.5. The first kappa shape index (κ1) is 14.6. The second-order valence-corrected chi connectivity index (χ2v) is 5.62. The third-order valence-electron chi connectivity index (χ3n) is 4.42. The van der Waals surface area contributed by atoms with Crippen molar-refractivity contribution < 1.29 is 17.1 Å². The molecule has 0 bridgehead atoms. The molecule has 0 aliphatic heterocycles. The Morgan fingerprint density at radius 1 is 0.789 bits per heavy atom. The van der Waals surface area contributed by atoms with E-state index in [1.54, 1.807) is 11.1 Å². The molecule has 4 aliphatic rings. The summed E-state index contributed by atoms with van der Waals surface area (Å²) in [5, 5.41) is 0. The fourth-order valence-electron chi connectivity index (χ4n) is 3.33. The summed E-state index contributed by atoms with van der Waals surface area (Å²) in [5.74, 6) is 1.77. The Morgan fingerprint density at radius 2 is 1.26 bits per heavy atom. The minimum absolute atomic E-state index is 0. The van der Waals surface area contributed by atoms with Gasteiger partial charge in [0.25, 0.3) is 0 Å². The van der Waals surface area contributed by atoms with Crippen LogP contribution in [0.15, 0.2) is 47.6 Å². The van der Waals surface area contributed by atoms with Gasteiger partial charge in [-0.3, -0.25) is 0 Å². The quantitative estimate of drug-likeness (QED) is 0.437. The molecule has 0 saturated heterocycles. The van der Waals surface area contributed by atoms with E-state index in [1.165, 1.54) is 38.5 Å². The van der Waals surface area contributed by atoms with Gasteiger partial charge in [0, 0.05) is 0 Å². The average Bonchev–Trinajstić information content (AvgIpc) is 3.08. The summed E-state index contributed by atoms with van der Waals surface area (Å²) in [6.07, 6.45) is 26.1. The molecule has 2 fully saturated rings. The number of allylic oxidation sites excluding steroid dienone is 8. The summed E-state index contributed by atoms with van der Waals surface area (Å²) >= 11 is 0. The second kappa shape index (κ2) is 7.12. The standard InChI is InChI=1S/2C9H11.Fe/c2*1-2-5-9-7-3-6-8(9)4-1;/h2*1-2,4,6,9H,3,5,7H2;/q2*-1;+2. The van der Waals surface area contributed by atoms with Gasteiger partial charge in [-0.05, 0) is 24.7 Å². The minimum atomic E-state index is 0. The number of rotatable bonds is 0. The SMILES string of the molecule is C1=CCC2CC[CH-]C2=C1.C1=CCC2CC[CH-]C2=C1.[Fe+2]. The number of fused-ring (bicyclic) bond motifs is 2. The van der Waals surface area contributed by atoms with Crippen LogP contribution in [0, 0.1) is 24.7 Å². The molecule has 0 nitrogen and oxygen atoms in total. The van der Waals surface area contributed by atoms with Gasteiger partial charge in [-0.25, -0.2) is 36.1 Å². The van der Waals surface area contributed by atoms with Crippen molar-refractivity contribution in [1.82, 2.24) is 0 Å². The van der Waals surface area contributed by atoms with E-state index in [0.29, 0.717) is 0 Å². The first-order valence-electron chi connectivity index (χ1n) is 7.33. The molecule has 2 unspecified atom stereocenters. The largest absolute Gasteiger partial charge is 2.00 e. The smallest absolute Gasteiger partial charge is 0.227 e. The molecule has 0 aromatic rings. The van der Waals surface area contributed by atoms with Crippen molar-refractivity contribution in [2.24, 2.45) is 11.8 Å². The van der Waals surface area contributed by atoms with E-state index in [1.807, 2.05) is 0 Å². The average molecular weight is 294 g/mol. The van der Waals surface area contributed by atoms with Crippen LogP contribution in [0.3, 0.4) is 0 Å². The predicted octanol–water partition coefficient (Wildman–Crippen LogP) is 4.97. The van der Waals surface area contributed by atoms with Gasteiger partial charge in [-0.15, -0.1) is 37.1 Å². The molecule has 102 valence electrons. The topological polar surface area (TPSA) is 0 Å². The molecule has 19 heavy (non-hydrogen) atoms. The normalized spacial score (nSPS) is 29.5. The molecule has 2 saturated carbocycles. The molecule has 0 aromatic carbocycles. The minimum Gasteiger partial charge on any atom is -0.227 e.